The molecule has 0 radical (unpaired) electrons. The van der Waals surface area contributed by atoms with Crippen molar-refractivity contribution >= 4 is 5.91 Å². The van der Waals surface area contributed by atoms with Crippen LogP contribution in [-0.2, 0) is 9.53 Å². The van der Waals surface area contributed by atoms with Crippen LogP contribution in [0.3, 0.4) is 0 Å². The van der Waals surface area contributed by atoms with Gasteiger partial charge in [0, 0.05) is 5.41 Å². The molecule has 2 aliphatic heterocycles. The minimum atomic E-state index is -0.275. The topological polar surface area (TPSA) is 50.4 Å². The predicted molar refractivity (Wildman–Crippen MR) is 62.1 cm³/mol. The SMILES string of the molecule is CC(C)(C(=O)NC1COC1)C1CCCNC1. The Bertz CT molecular complexity index is 256. The molecule has 0 bridgehead atoms. The lowest BCUT2D eigenvalue weighted by molar-refractivity contribution is -0.136. The highest BCUT2D eigenvalue weighted by Crippen LogP contribution is 2.32. The van der Waals surface area contributed by atoms with Crippen LogP contribution in [0.25, 0.3) is 0 Å². The van der Waals surface area contributed by atoms with E-state index in [2.05, 4.69) is 24.5 Å². The standard InChI is InChI=1S/C12H22N2O2/c1-12(2,9-4-3-5-13-6-9)11(15)14-10-7-16-8-10/h9-10,13H,3-8H2,1-2H3,(H,14,15). The zero-order valence-electron chi connectivity index (χ0n) is 10.2. The third-order valence-corrected chi connectivity index (χ3v) is 3.88. The molecule has 0 aromatic rings. The molecule has 16 heavy (non-hydrogen) atoms. The molecule has 2 heterocycles. The normalized spacial score (nSPS) is 27.2. The number of nitrogens with one attached hydrogen (secondary N) is 2. The lowest BCUT2D eigenvalue weighted by atomic mass is 9.74. The van der Waals surface area contributed by atoms with Crippen molar-refractivity contribution in [2.75, 3.05) is 26.3 Å². The number of carbonyl (C=O) groups excluding carboxylic acids is 1. The van der Waals surface area contributed by atoms with Crippen molar-refractivity contribution in [3.63, 3.8) is 0 Å². The summed E-state index contributed by atoms with van der Waals surface area (Å²) in [5, 5.41) is 6.43. The average Bonchev–Trinajstić information content (AvgIpc) is 2.24. The van der Waals surface area contributed by atoms with Crippen molar-refractivity contribution < 1.29 is 9.53 Å². The van der Waals surface area contributed by atoms with Crippen LogP contribution in [0.1, 0.15) is 26.7 Å². The molecule has 2 N–H and O–H groups in total. The van der Waals surface area contributed by atoms with E-state index in [4.69, 9.17) is 4.74 Å². The summed E-state index contributed by atoms with van der Waals surface area (Å²) in [6.07, 6.45) is 2.32. The van der Waals surface area contributed by atoms with Gasteiger partial charge in [0.25, 0.3) is 0 Å². The van der Waals surface area contributed by atoms with Gasteiger partial charge >= 0.3 is 0 Å². The fourth-order valence-corrected chi connectivity index (χ4v) is 2.34. The van der Waals surface area contributed by atoms with Crippen molar-refractivity contribution in [2.45, 2.75) is 32.7 Å². The summed E-state index contributed by atoms with van der Waals surface area (Å²) in [5.74, 6) is 0.622. The minimum Gasteiger partial charge on any atom is -0.377 e. The smallest absolute Gasteiger partial charge is 0.226 e. The third kappa shape index (κ3) is 2.38. The largest absolute Gasteiger partial charge is 0.377 e. The lowest BCUT2D eigenvalue weighted by Crippen LogP contribution is -2.55. The van der Waals surface area contributed by atoms with Gasteiger partial charge in [-0.25, -0.2) is 0 Å². The minimum absolute atomic E-state index is 0.175. The van der Waals surface area contributed by atoms with E-state index < -0.39 is 0 Å². The van der Waals surface area contributed by atoms with Gasteiger partial charge in [-0.15, -0.1) is 0 Å². The van der Waals surface area contributed by atoms with Gasteiger partial charge in [0.05, 0.1) is 19.3 Å². The lowest BCUT2D eigenvalue weighted by Gasteiger charge is -2.38. The van der Waals surface area contributed by atoms with Gasteiger partial charge in [0.15, 0.2) is 0 Å². The second kappa shape index (κ2) is 4.72. The summed E-state index contributed by atoms with van der Waals surface area (Å²) in [6, 6.07) is 0.239. The zero-order chi connectivity index (χ0) is 11.6. The molecule has 1 amide bonds. The Morgan fingerprint density at radius 1 is 1.44 bits per heavy atom. The molecule has 0 aromatic heterocycles. The molecule has 1 unspecified atom stereocenters. The summed E-state index contributed by atoms with van der Waals surface area (Å²) < 4.78 is 5.07. The summed E-state index contributed by atoms with van der Waals surface area (Å²) in [4.78, 5) is 12.2. The Morgan fingerprint density at radius 2 is 2.19 bits per heavy atom. The van der Waals surface area contributed by atoms with E-state index in [9.17, 15) is 4.79 Å². The van der Waals surface area contributed by atoms with E-state index in [-0.39, 0.29) is 17.4 Å². The Kier molecular flexibility index (Phi) is 3.50. The Hall–Kier alpha value is -0.610. The summed E-state index contributed by atoms with van der Waals surface area (Å²) >= 11 is 0. The highest BCUT2D eigenvalue weighted by molar-refractivity contribution is 5.82. The molecular formula is C12H22N2O2. The number of piperidine rings is 1. The number of amides is 1. The zero-order valence-corrected chi connectivity index (χ0v) is 10.2. The Morgan fingerprint density at radius 3 is 2.69 bits per heavy atom. The quantitative estimate of drug-likeness (QED) is 0.738. The molecule has 2 aliphatic rings. The first-order valence-electron chi connectivity index (χ1n) is 6.20. The molecule has 0 aromatic carbocycles. The number of rotatable bonds is 3. The summed E-state index contributed by atoms with van der Waals surface area (Å²) in [7, 11) is 0. The van der Waals surface area contributed by atoms with E-state index >= 15 is 0 Å². The van der Waals surface area contributed by atoms with Gasteiger partial charge in [-0.2, -0.15) is 0 Å². The molecule has 92 valence electrons. The molecule has 2 fully saturated rings. The fraction of sp³-hybridized carbons (Fsp3) is 0.917. The van der Waals surface area contributed by atoms with E-state index in [1.54, 1.807) is 0 Å². The molecule has 4 nitrogen and oxygen atoms in total. The predicted octanol–water partition coefficient (Wildman–Crippen LogP) is 0.527. The van der Waals surface area contributed by atoms with E-state index in [0.717, 1.165) is 19.5 Å². The number of ether oxygens (including phenoxy) is 1. The van der Waals surface area contributed by atoms with Crippen molar-refractivity contribution in [1.29, 1.82) is 0 Å². The van der Waals surface area contributed by atoms with E-state index in [1.807, 2.05) is 0 Å². The number of hydrogen-bond donors (Lipinski definition) is 2. The van der Waals surface area contributed by atoms with Crippen LogP contribution in [0.4, 0.5) is 0 Å². The Labute approximate surface area is 97.1 Å². The molecular weight excluding hydrogens is 204 g/mol. The van der Waals surface area contributed by atoms with Crippen molar-refractivity contribution in [2.24, 2.45) is 11.3 Å². The third-order valence-electron chi connectivity index (χ3n) is 3.88. The van der Waals surface area contributed by atoms with Gasteiger partial charge < -0.3 is 15.4 Å². The molecule has 4 heteroatoms. The monoisotopic (exact) mass is 226 g/mol. The first-order chi connectivity index (χ1) is 7.60. The van der Waals surface area contributed by atoms with Crippen LogP contribution in [0.15, 0.2) is 0 Å². The number of carbonyl (C=O) groups is 1. The maximum Gasteiger partial charge on any atom is 0.226 e. The van der Waals surface area contributed by atoms with E-state index in [0.29, 0.717) is 19.1 Å². The van der Waals surface area contributed by atoms with Gasteiger partial charge in [-0.05, 0) is 31.8 Å². The van der Waals surface area contributed by atoms with Crippen LogP contribution in [0.2, 0.25) is 0 Å². The van der Waals surface area contributed by atoms with Gasteiger partial charge in [0.2, 0.25) is 5.91 Å². The maximum absolute atomic E-state index is 12.2. The summed E-state index contributed by atoms with van der Waals surface area (Å²) in [5.41, 5.74) is -0.275. The highest BCUT2D eigenvalue weighted by Gasteiger charge is 2.38. The van der Waals surface area contributed by atoms with Gasteiger partial charge in [-0.1, -0.05) is 13.8 Å². The molecule has 2 saturated heterocycles. The molecule has 0 saturated carbocycles. The highest BCUT2D eigenvalue weighted by atomic mass is 16.5. The van der Waals surface area contributed by atoms with Crippen LogP contribution in [-0.4, -0.2) is 38.3 Å². The number of hydrogen-bond acceptors (Lipinski definition) is 3. The van der Waals surface area contributed by atoms with E-state index in [1.165, 1.54) is 6.42 Å². The van der Waals surface area contributed by atoms with Crippen molar-refractivity contribution in [1.82, 2.24) is 10.6 Å². The fourth-order valence-electron chi connectivity index (χ4n) is 2.34. The Balaban J connectivity index is 1.90. The van der Waals surface area contributed by atoms with Crippen LogP contribution in [0.5, 0.6) is 0 Å². The first-order valence-corrected chi connectivity index (χ1v) is 6.20. The molecule has 1 atom stereocenters. The van der Waals surface area contributed by atoms with Crippen molar-refractivity contribution in [3.8, 4) is 0 Å². The first kappa shape index (κ1) is 11.9. The second-order valence-corrected chi connectivity index (χ2v) is 5.47. The van der Waals surface area contributed by atoms with Gasteiger partial charge in [-0.3, -0.25) is 4.79 Å². The summed E-state index contributed by atoms with van der Waals surface area (Å²) in [6.45, 7) is 7.50. The maximum atomic E-state index is 12.2. The molecule has 2 rings (SSSR count). The molecule has 0 spiro atoms. The van der Waals surface area contributed by atoms with Crippen LogP contribution >= 0.6 is 0 Å². The van der Waals surface area contributed by atoms with Gasteiger partial charge in [0.1, 0.15) is 0 Å². The second-order valence-electron chi connectivity index (χ2n) is 5.47. The average molecular weight is 226 g/mol. The molecule has 0 aliphatic carbocycles. The van der Waals surface area contributed by atoms with Crippen molar-refractivity contribution in [3.05, 3.63) is 0 Å². The van der Waals surface area contributed by atoms with Crippen LogP contribution in [0, 0.1) is 11.3 Å². The van der Waals surface area contributed by atoms with Crippen LogP contribution < -0.4 is 10.6 Å².